The van der Waals surface area contributed by atoms with Gasteiger partial charge in [0.25, 0.3) is 5.91 Å². The van der Waals surface area contributed by atoms with E-state index in [-0.39, 0.29) is 5.91 Å². The molecule has 1 aromatic carbocycles. The van der Waals surface area contributed by atoms with Crippen molar-refractivity contribution in [2.45, 2.75) is 13.3 Å². The summed E-state index contributed by atoms with van der Waals surface area (Å²) in [6, 6.07) is 7.54. The first kappa shape index (κ1) is 15.2. The first-order valence-electron chi connectivity index (χ1n) is 6.24. The van der Waals surface area contributed by atoms with E-state index in [9.17, 15) is 4.79 Å². The first-order valence-corrected chi connectivity index (χ1v) is 7.03. The Morgan fingerprint density at radius 2 is 1.72 bits per heavy atom. The molecule has 4 heteroatoms. The Hall–Kier alpha value is -0.870. The van der Waals surface area contributed by atoms with E-state index in [1.807, 2.05) is 43.3 Å². The lowest BCUT2D eigenvalue weighted by Crippen LogP contribution is -2.37. The number of halogens is 1. The lowest BCUT2D eigenvalue weighted by atomic mass is 10.2. The van der Waals surface area contributed by atoms with Gasteiger partial charge in [0.1, 0.15) is 0 Å². The van der Waals surface area contributed by atoms with Gasteiger partial charge in [-0.15, -0.1) is 0 Å². The van der Waals surface area contributed by atoms with Crippen molar-refractivity contribution in [3.8, 4) is 0 Å². The van der Waals surface area contributed by atoms with E-state index in [0.717, 1.165) is 36.1 Å². The van der Waals surface area contributed by atoms with Crippen LogP contribution in [-0.2, 0) is 0 Å². The molecule has 0 radical (unpaired) electrons. The second kappa shape index (κ2) is 7.54. The topological polar surface area (TPSA) is 23.6 Å². The Balaban J connectivity index is 2.72. The summed E-state index contributed by atoms with van der Waals surface area (Å²) in [5.41, 5.74) is 0.755. The molecular weight excluding hydrogens is 292 g/mol. The van der Waals surface area contributed by atoms with Crippen LogP contribution in [0.15, 0.2) is 28.7 Å². The molecule has 0 spiro atoms. The molecule has 0 heterocycles. The van der Waals surface area contributed by atoms with E-state index in [0.29, 0.717) is 0 Å². The number of rotatable bonds is 6. The molecule has 0 aliphatic rings. The molecule has 100 valence electrons. The number of carbonyl (C=O) groups is 1. The van der Waals surface area contributed by atoms with Crippen LogP contribution in [0.4, 0.5) is 0 Å². The molecule has 0 fully saturated rings. The Kier molecular flexibility index (Phi) is 6.36. The maximum Gasteiger partial charge on any atom is 0.253 e. The van der Waals surface area contributed by atoms with Gasteiger partial charge < -0.3 is 9.80 Å². The summed E-state index contributed by atoms with van der Waals surface area (Å²) in [7, 11) is 4.04. The first-order chi connectivity index (χ1) is 8.54. The SMILES string of the molecule is CCCN(CCN(C)C)C(=O)c1ccc(Br)cc1. The fourth-order valence-electron chi connectivity index (χ4n) is 1.68. The molecule has 0 atom stereocenters. The van der Waals surface area contributed by atoms with E-state index in [4.69, 9.17) is 0 Å². The third kappa shape index (κ3) is 4.78. The average Bonchev–Trinajstić information content (AvgIpc) is 2.34. The Morgan fingerprint density at radius 3 is 2.22 bits per heavy atom. The van der Waals surface area contributed by atoms with E-state index in [2.05, 4.69) is 27.8 Å². The second-order valence-corrected chi connectivity index (χ2v) is 5.52. The maximum absolute atomic E-state index is 12.4. The van der Waals surface area contributed by atoms with E-state index in [1.165, 1.54) is 0 Å². The van der Waals surface area contributed by atoms with Gasteiger partial charge in [0.15, 0.2) is 0 Å². The van der Waals surface area contributed by atoms with Crippen LogP contribution in [0.5, 0.6) is 0 Å². The summed E-state index contributed by atoms with van der Waals surface area (Å²) in [4.78, 5) is 16.4. The highest BCUT2D eigenvalue weighted by Gasteiger charge is 2.14. The monoisotopic (exact) mass is 312 g/mol. The van der Waals surface area contributed by atoms with Crippen LogP contribution in [0.1, 0.15) is 23.7 Å². The van der Waals surface area contributed by atoms with Crippen molar-refractivity contribution in [1.82, 2.24) is 9.80 Å². The van der Waals surface area contributed by atoms with Crippen molar-refractivity contribution in [3.05, 3.63) is 34.3 Å². The van der Waals surface area contributed by atoms with Crippen molar-refractivity contribution in [2.24, 2.45) is 0 Å². The highest BCUT2D eigenvalue weighted by atomic mass is 79.9. The van der Waals surface area contributed by atoms with E-state index < -0.39 is 0 Å². The number of benzene rings is 1. The highest BCUT2D eigenvalue weighted by molar-refractivity contribution is 9.10. The largest absolute Gasteiger partial charge is 0.337 e. The van der Waals surface area contributed by atoms with Gasteiger partial charge in [-0.3, -0.25) is 4.79 Å². The van der Waals surface area contributed by atoms with Gasteiger partial charge >= 0.3 is 0 Å². The summed E-state index contributed by atoms with van der Waals surface area (Å²) < 4.78 is 0.995. The van der Waals surface area contributed by atoms with Crippen molar-refractivity contribution in [3.63, 3.8) is 0 Å². The van der Waals surface area contributed by atoms with Crippen LogP contribution in [0.2, 0.25) is 0 Å². The predicted molar refractivity (Wildman–Crippen MR) is 78.9 cm³/mol. The summed E-state index contributed by atoms with van der Waals surface area (Å²) in [6.07, 6.45) is 0.982. The van der Waals surface area contributed by atoms with Gasteiger partial charge in [-0.25, -0.2) is 0 Å². The van der Waals surface area contributed by atoms with Gasteiger partial charge in [0, 0.05) is 29.7 Å². The smallest absolute Gasteiger partial charge is 0.253 e. The molecule has 0 bridgehead atoms. The van der Waals surface area contributed by atoms with Crippen molar-refractivity contribution in [1.29, 1.82) is 0 Å². The van der Waals surface area contributed by atoms with Gasteiger partial charge in [-0.05, 0) is 44.8 Å². The predicted octanol–water partition coefficient (Wildman–Crippen LogP) is 2.86. The Bertz CT molecular complexity index is 376. The molecule has 18 heavy (non-hydrogen) atoms. The van der Waals surface area contributed by atoms with E-state index >= 15 is 0 Å². The van der Waals surface area contributed by atoms with Gasteiger partial charge in [0.05, 0.1) is 0 Å². The molecule has 3 nitrogen and oxygen atoms in total. The van der Waals surface area contributed by atoms with Crippen molar-refractivity contribution >= 4 is 21.8 Å². The second-order valence-electron chi connectivity index (χ2n) is 4.60. The number of likely N-dealkylation sites (N-methyl/N-ethyl adjacent to an activating group) is 1. The normalized spacial score (nSPS) is 10.7. The van der Waals surface area contributed by atoms with Crippen molar-refractivity contribution < 1.29 is 4.79 Å². The number of nitrogens with zero attached hydrogens (tertiary/aromatic N) is 2. The molecule has 0 saturated heterocycles. The minimum Gasteiger partial charge on any atom is -0.337 e. The van der Waals surface area contributed by atoms with Crippen LogP contribution in [0.25, 0.3) is 0 Å². The lowest BCUT2D eigenvalue weighted by Gasteiger charge is -2.24. The van der Waals surface area contributed by atoms with Gasteiger partial charge in [-0.1, -0.05) is 22.9 Å². The van der Waals surface area contributed by atoms with Crippen molar-refractivity contribution in [2.75, 3.05) is 33.7 Å². The molecule has 0 saturated carbocycles. The summed E-state index contributed by atoms with van der Waals surface area (Å²) in [5.74, 6) is 0.117. The average molecular weight is 313 g/mol. The third-order valence-electron chi connectivity index (χ3n) is 2.69. The summed E-state index contributed by atoms with van der Waals surface area (Å²) >= 11 is 3.38. The number of hydrogen-bond donors (Lipinski definition) is 0. The number of hydrogen-bond acceptors (Lipinski definition) is 2. The van der Waals surface area contributed by atoms with Crippen LogP contribution < -0.4 is 0 Å². The molecule has 0 aromatic heterocycles. The number of amides is 1. The van der Waals surface area contributed by atoms with E-state index in [1.54, 1.807) is 0 Å². The van der Waals surface area contributed by atoms with Crippen LogP contribution in [0.3, 0.4) is 0 Å². The highest BCUT2D eigenvalue weighted by Crippen LogP contribution is 2.12. The zero-order valence-corrected chi connectivity index (χ0v) is 12.9. The van der Waals surface area contributed by atoms with Crippen LogP contribution in [0, 0.1) is 0 Å². The molecular formula is C14H21BrN2O. The standard InChI is InChI=1S/C14H21BrN2O/c1-4-9-17(11-10-16(2)3)14(18)12-5-7-13(15)8-6-12/h5-8H,4,9-11H2,1-3H3. The molecule has 0 unspecified atom stereocenters. The van der Waals surface area contributed by atoms with Gasteiger partial charge in [-0.2, -0.15) is 0 Å². The lowest BCUT2D eigenvalue weighted by molar-refractivity contribution is 0.0745. The minimum atomic E-state index is 0.117. The molecule has 1 rings (SSSR count). The minimum absolute atomic E-state index is 0.117. The van der Waals surface area contributed by atoms with Crippen LogP contribution >= 0.6 is 15.9 Å². The molecule has 1 amide bonds. The summed E-state index contributed by atoms with van der Waals surface area (Å²) in [5, 5.41) is 0. The molecule has 1 aromatic rings. The Labute approximate surface area is 118 Å². The zero-order chi connectivity index (χ0) is 13.5. The fourth-order valence-corrected chi connectivity index (χ4v) is 1.94. The summed E-state index contributed by atoms with van der Waals surface area (Å²) in [6.45, 7) is 4.57. The quantitative estimate of drug-likeness (QED) is 0.806. The third-order valence-corrected chi connectivity index (χ3v) is 3.22. The Morgan fingerprint density at radius 1 is 1.11 bits per heavy atom. The number of carbonyl (C=O) groups excluding carboxylic acids is 1. The van der Waals surface area contributed by atoms with Gasteiger partial charge in [0.2, 0.25) is 0 Å². The molecule has 0 aliphatic carbocycles. The fraction of sp³-hybridized carbons (Fsp3) is 0.500. The zero-order valence-electron chi connectivity index (χ0n) is 11.3. The van der Waals surface area contributed by atoms with Crippen LogP contribution in [-0.4, -0.2) is 49.4 Å². The molecule has 0 N–H and O–H groups in total. The maximum atomic E-state index is 12.4. The molecule has 0 aliphatic heterocycles.